The molecule has 29 heavy (non-hydrogen) atoms. The van der Waals surface area contributed by atoms with Gasteiger partial charge < -0.3 is 9.64 Å². The second-order valence-electron chi connectivity index (χ2n) is 6.84. The first kappa shape index (κ1) is 20.4. The maximum absolute atomic E-state index is 9.62. The summed E-state index contributed by atoms with van der Waals surface area (Å²) >= 11 is 6.05. The fourth-order valence-electron chi connectivity index (χ4n) is 3.14. The molecular weight excluding hydrogens is 386 g/mol. The van der Waals surface area contributed by atoms with Crippen LogP contribution in [0.2, 0.25) is 5.02 Å². The van der Waals surface area contributed by atoms with Crippen molar-refractivity contribution in [1.82, 2.24) is 10.2 Å². The molecular formula is C22H22ClN5O. The van der Waals surface area contributed by atoms with E-state index in [0.717, 1.165) is 28.1 Å². The molecule has 0 amide bonds. The molecule has 0 bridgehead atoms. The number of methoxy groups -OCH3 is 1. The van der Waals surface area contributed by atoms with Gasteiger partial charge in [-0.15, -0.1) is 0 Å². The van der Waals surface area contributed by atoms with Crippen LogP contribution in [0.4, 0.5) is 11.5 Å². The van der Waals surface area contributed by atoms with Crippen LogP contribution in [0.15, 0.2) is 41.4 Å². The molecule has 0 aliphatic heterocycles. The molecule has 1 N–H and O–H groups in total. The molecule has 0 fully saturated rings. The van der Waals surface area contributed by atoms with Crippen LogP contribution in [0.1, 0.15) is 27.9 Å². The third-order valence-electron chi connectivity index (χ3n) is 4.60. The van der Waals surface area contributed by atoms with Crippen molar-refractivity contribution >= 4 is 29.3 Å². The summed E-state index contributed by atoms with van der Waals surface area (Å²) in [6, 6.07) is 13.7. The summed E-state index contributed by atoms with van der Waals surface area (Å²) in [5.41, 5.74) is 5.07. The molecule has 7 heteroatoms. The minimum atomic E-state index is 0.357. The molecule has 3 rings (SSSR count). The smallest absolute Gasteiger partial charge is 0.191 e. The van der Waals surface area contributed by atoms with Gasteiger partial charge in [0.25, 0.3) is 0 Å². The van der Waals surface area contributed by atoms with Gasteiger partial charge in [0.05, 0.1) is 12.8 Å². The number of benzene rings is 2. The third kappa shape index (κ3) is 4.58. The van der Waals surface area contributed by atoms with Crippen LogP contribution in [0.25, 0.3) is 0 Å². The SMILES string of the molecule is COc1cc(C=Nc2n[nH]c(Cc3cccc(Cl)c3)c2C#N)cc(N(C)C)c1C. The van der Waals surface area contributed by atoms with Crippen molar-refractivity contribution in [2.45, 2.75) is 13.3 Å². The van der Waals surface area contributed by atoms with E-state index in [1.54, 1.807) is 13.3 Å². The minimum absolute atomic E-state index is 0.357. The van der Waals surface area contributed by atoms with Crippen LogP contribution in [-0.4, -0.2) is 37.6 Å². The first-order chi connectivity index (χ1) is 13.9. The molecule has 2 aromatic carbocycles. The number of H-pyrrole nitrogens is 1. The molecule has 0 spiro atoms. The number of anilines is 1. The first-order valence-electron chi connectivity index (χ1n) is 9.04. The second kappa shape index (κ2) is 8.80. The summed E-state index contributed by atoms with van der Waals surface area (Å²) < 4.78 is 5.48. The van der Waals surface area contributed by atoms with Crippen molar-refractivity contribution in [1.29, 1.82) is 5.26 Å². The van der Waals surface area contributed by atoms with E-state index in [2.05, 4.69) is 21.3 Å². The van der Waals surface area contributed by atoms with E-state index in [1.165, 1.54) is 0 Å². The molecule has 148 valence electrons. The molecule has 0 saturated carbocycles. The highest BCUT2D eigenvalue weighted by molar-refractivity contribution is 6.30. The molecule has 0 aliphatic rings. The van der Waals surface area contributed by atoms with Gasteiger partial charge in [-0.3, -0.25) is 5.10 Å². The van der Waals surface area contributed by atoms with E-state index in [-0.39, 0.29) is 0 Å². The van der Waals surface area contributed by atoms with Crippen LogP contribution < -0.4 is 9.64 Å². The number of nitrogens with one attached hydrogen (secondary N) is 1. The number of aromatic nitrogens is 2. The number of hydrogen-bond acceptors (Lipinski definition) is 5. The van der Waals surface area contributed by atoms with Crippen LogP contribution >= 0.6 is 11.6 Å². The Morgan fingerprint density at radius 2 is 2.10 bits per heavy atom. The molecule has 0 atom stereocenters. The van der Waals surface area contributed by atoms with Crippen LogP contribution in [0, 0.1) is 18.3 Å². The molecule has 0 saturated heterocycles. The lowest BCUT2D eigenvalue weighted by Crippen LogP contribution is -2.11. The Bertz CT molecular complexity index is 1100. The third-order valence-corrected chi connectivity index (χ3v) is 4.83. The number of aliphatic imine (C=N–C) groups is 1. The lowest BCUT2D eigenvalue weighted by Gasteiger charge is -2.18. The number of ether oxygens (including phenoxy) is 1. The van der Waals surface area contributed by atoms with E-state index in [9.17, 15) is 5.26 Å². The number of halogens is 1. The molecule has 6 nitrogen and oxygen atoms in total. The lowest BCUT2D eigenvalue weighted by molar-refractivity contribution is 0.411. The minimum Gasteiger partial charge on any atom is -0.496 e. The quantitative estimate of drug-likeness (QED) is 0.603. The Kier molecular flexibility index (Phi) is 6.20. The van der Waals surface area contributed by atoms with Crippen molar-refractivity contribution in [2.75, 3.05) is 26.1 Å². The fraction of sp³-hybridized carbons (Fsp3) is 0.227. The zero-order valence-electron chi connectivity index (χ0n) is 16.8. The Hall–Kier alpha value is -3.30. The van der Waals surface area contributed by atoms with E-state index < -0.39 is 0 Å². The molecule has 1 aromatic heterocycles. The summed E-state index contributed by atoms with van der Waals surface area (Å²) in [6.45, 7) is 2.01. The summed E-state index contributed by atoms with van der Waals surface area (Å²) in [5, 5.41) is 17.4. The van der Waals surface area contributed by atoms with E-state index >= 15 is 0 Å². The van der Waals surface area contributed by atoms with Crippen molar-refractivity contribution in [3.8, 4) is 11.8 Å². The number of nitrogens with zero attached hydrogens (tertiary/aromatic N) is 4. The Morgan fingerprint density at radius 3 is 2.76 bits per heavy atom. The predicted molar refractivity (Wildman–Crippen MR) is 117 cm³/mol. The van der Waals surface area contributed by atoms with Gasteiger partial charge in [-0.25, -0.2) is 4.99 Å². The zero-order chi connectivity index (χ0) is 21.0. The summed E-state index contributed by atoms with van der Waals surface area (Å²) in [4.78, 5) is 6.46. The van der Waals surface area contributed by atoms with Gasteiger partial charge in [0.15, 0.2) is 5.82 Å². The van der Waals surface area contributed by atoms with E-state index in [0.29, 0.717) is 28.5 Å². The molecule has 3 aromatic rings. The van der Waals surface area contributed by atoms with Gasteiger partial charge >= 0.3 is 0 Å². The van der Waals surface area contributed by atoms with Crippen LogP contribution in [0.3, 0.4) is 0 Å². The average Bonchev–Trinajstić information content (AvgIpc) is 3.08. The van der Waals surface area contributed by atoms with Crippen molar-refractivity contribution in [3.05, 3.63) is 69.4 Å². The van der Waals surface area contributed by atoms with Crippen molar-refractivity contribution in [3.63, 3.8) is 0 Å². The summed E-state index contributed by atoms with van der Waals surface area (Å²) in [6.07, 6.45) is 2.21. The number of aromatic amines is 1. The van der Waals surface area contributed by atoms with Gasteiger partial charge in [0.2, 0.25) is 0 Å². The Morgan fingerprint density at radius 1 is 1.31 bits per heavy atom. The highest BCUT2D eigenvalue weighted by Gasteiger charge is 2.13. The maximum Gasteiger partial charge on any atom is 0.191 e. The molecule has 0 radical (unpaired) electrons. The van der Waals surface area contributed by atoms with Gasteiger partial charge in [0.1, 0.15) is 17.4 Å². The predicted octanol–water partition coefficient (Wildman–Crippen LogP) is 4.66. The van der Waals surface area contributed by atoms with Gasteiger partial charge in [-0.05, 0) is 42.3 Å². The van der Waals surface area contributed by atoms with Crippen LogP contribution in [0.5, 0.6) is 5.75 Å². The molecule has 1 heterocycles. The summed E-state index contributed by atoms with van der Waals surface area (Å²) in [7, 11) is 5.60. The average molecular weight is 408 g/mol. The van der Waals surface area contributed by atoms with Crippen LogP contribution in [-0.2, 0) is 6.42 Å². The number of nitriles is 1. The van der Waals surface area contributed by atoms with Gasteiger partial charge in [-0.1, -0.05) is 23.7 Å². The Balaban J connectivity index is 1.91. The lowest BCUT2D eigenvalue weighted by atomic mass is 10.1. The normalized spacial score (nSPS) is 10.9. The topological polar surface area (TPSA) is 77.3 Å². The molecule has 0 unspecified atom stereocenters. The maximum atomic E-state index is 9.62. The monoisotopic (exact) mass is 407 g/mol. The first-order valence-corrected chi connectivity index (χ1v) is 9.42. The number of rotatable bonds is 6. The highest BCUT2D eigenvalue weighted by Crippen LogP contribution is 2.29. The van der Waals surface area contributed by atoms with Gasteiger partial charge in [-0.2, -0.15) is 10.4 Å². The standard InChI is InChI=1S/C22H22ClN5O/c1-14-20(28(2)3)10-16(11-21(14)29-4)13-25-22-18(12-24)19(26-27-22)9-15-6-5-7-17(23)8-15/h5-8,10-11,13H,9H2,1-4H3,(H,26,27). The molecule has 0 aliphatic carbocycles. The van der Waals surface area contributed by atoms with Gasteiger partial charge in [0, 0.05) is 43.0 Å². The number of hydrogen-bond donors (Lipinski definition) is 1. The zero-order valence-corrected chi connectivity index (χ0v) is 17.6. The fourth-order valence-corrected chi connectivity index (χ4v) is 3.35. The largest absolute Gasteiger partial charge is 0.496 e. The van der Waals surface area contributed by atoms with Crippen molar-refractivity contribution < 1.29 is 4.74 Å². The summed E-state index contributed by atoms with van der Waals surface area (Å²) in [5.74, 6) is 1.14. The van der Waals surface area contributed by atoms with E-state index in [1.807, 2.05) is 62.3 Å². The van der Waals surface area contributed by atoms with Crippen molar-refractivity contribution in [2.24, 2.45) is 4.99 Å². The Labute approximate surface area is 175 Å². The second-order valence-corrected chi connectivity index (χ2v) is 7.28. The highest BCUT2D eigenvalue weighted by atomic mass is 35.5. The van der Waals surface area contributed by atoms with E-state index in [4.69, 9.17) is 16.3 Å².